The summed E-state index contributed by atoms with van der Waals surface area (Å²) in [6, 6.07) is 20.9. The lowest BCUT2D eigenvalue weighted by Gasteiger charge is -2.22. The van der Waals surface area contributed by atoms with E-state index in [2.05, 4.69) is 28.2 Å². The van der Waals surface area contributed by atoms with Crippen molar-refractivity contribution < 1.29 is 13.2 Å². The van der Waals surface area contributed by atoms with Crippen LogP contribution in [0.1, 0.15) is 30.9 Å². The van der Waals surface area contributed by atoms with Crippen LogP contribution in [0.25, 0.3) is 0 Å². The first-order chi connectivity index (χ1) is 15.8. The molecule has 0 radical (unpaired) electrons. The third-order valence-electron chi connectivity index (χ3n) is 5.10. The number of benzene rings is 3. The minimum absolute atomic E-state index is 0.0572. The zero-order valence-corrected chi connectivity index (χ0v) is 21.5. The Labute approximate surface area is 209 Å². The van der Waals surface area contributed by atoms with Crippen LogP contribution in [0.2, 0.25) is 5.02 Å². The molecule has 0 atom stereocenters. The lowest BCUT2D eigenvalue weighted by atomic mass is 10.1. The standard InChI is InChI=1S/C25H26BrClN2O3S/c1-2-3-4-19-7-13-23(14-8-19)28-25(30)18-29(17-20-5-9-21(26)10-6-20)33(31,32)24-15-11-22(27)12-16-24/h5-16H,2-4,17-18H2,1H3,(H,28,30). The largest absolute Gasteiger partial charge is 0.325 e. The van der Waals surface area contributed by atoms with Crippen LogP contribution in [0.15, 0.2) is 82.2 Å². The molecule has 174 valence electrons. The number of rotatable bonds is 10. The van der Waals surface area contributed by atoms with Crippen LogP contribution in [0, 0.1) is 0 Å². The lowest BCUT2D eigenvalue weighted by molar-refractivity contribution is -0.116. The van der Waals surface area contributed by atoms with Gasteiger partial charge in [0.2, 0.25) is 15.9 Å². The van der Waals surface area contributed by atoms with Gasteiger partial charge in [0.15, 0.2) is 0 Å². The molecule has 0 aromatic heterocycles. The molecule has 5 nitrogen and oxygen atoms in total. The topological polar surface area (TPSA) is 66.5 Å². The maximum Gasteiger partial charge on any atom is 0.243 e. The van der Waals surface area contributed by atoms with Crippen LogP contribution >= 0.6 is 27.5 Å². The van der Waals surface area contributed by atoms with Crippen LogP contribution in [0.5, 0.6) is 0 Å². The van der Waals surface area contributed by atoms with E-state index in [1.807, 2.05) is 48.5 Å². The summed E-state index contributed by atoms with van der Waals surface area (Å²) in [5.74, 6) is -0.411. The molecule has 3 aromatic carbocycles. The molecule has 0 heterocycles. The molecule has 0 saturated heterocycles. The molecule has 0 unspecified atom stereocenters. The molecule has 0 spiro atoms. The fraction of sp³-hybridized carbons (Fsp3) is 0.240. The summed E-state index contributed by atoms with van der Waals surface area (Å²) in [7, 11) is -3.93. The zero-order chi connectivity index (χ0) is 23.8. The summed E-state index contributed by atoms with van der Waals surface area (Å²) in [4.78, 5) is 12.9. The summed E-state index contributed by atoms with van der Waals surface area (Å²) in [5, 5.41) is 3.25. The summed E-state index contributed by atoms with van der Waals surface area (Å²) in [5.41, 5.74) is 2.61. The normalized spacial score (nSPS) is 11.5. The SMILES string of the molecule is CCCCc1ccc(NC(=O)CN(Cc2ccc(Br)cc2)S(=O)(=O)c2ccc(Cl)cc2)cc1. The quantitative estimate of drug-likeness (QED) is 0.324. The van der Waals surface area contributed by atoms with Crippen molar-refractivity contribution in [3.05, 3.63) is 93.4 Å². The Morgan fingerprint density at radius 1 is 0.939 bits per heavy atom. The van der Waals surface area contributed by atoms with Crippen molar-refractivity contribution in [2.24, 2.45) is 0 Å². The first-order valence-electron chi connectivity index (χ1n) is 10.7. The van der Waals surface area contributed by atoms with Crippen molar-refractivity contribution in [2.45, 2.75) is 37.6 Å². The second kappa shape index (κ2) is 11.8. The van der Waals surface area contributed by atoms with Crippen molar-refractivity contribution >= 4 is 49.1 Å². The summed E-state index contributed by atoms with van der Waals surface area (Å²) >= 11 is 9.30. The van der Waals surface area contributed by atoms with Gasteiger partial charge in [-0.2, -0.15) is 4.31 Å². The lowest BCUT2D eigenvalue weighted by Crippen LogP contribution is -2.37. The minimum atomic E-state index is -3.93. The number of hydrogen-bond donors (Lipinski definition) is 1. The van der Waals surface area contributed by atoms with E-state index in [0.717, 1.165) is 29.3 Å². The third kappa shape index (κ3) is 7.40. The van der Waals surface area contributed by atoms with E-state index in [-0.39, 0.29) is 18.0 Å². The highest BCUT2D eigenvalue weighted by Gasteiger charge is 2.27. The minimum Gasteiger partial charge on any atom is -0.325 e. The Hall–Kier alpha value is -2.19. The number of carbonyl (C=O) groups excluding carboxylic acids is 1. The Bertz CT molecular complexity index is 1170. The summed E-state index contributed by atoms with van der Waals surface area (Å²) in [6.07, 6.45) is 3.22. The molecular weight excluding hydrogens is 524 g/mol. The molecular formula is C25H26BrClN2O3S. The zero-order valence-electron chi connectivity index (χ0n) is 18.3. The predicted molar refractivity (Wildman–Crippen MR) is 137 cm³/mol. The molecule has 0 bridgehead atoms. The number of halogens is 2. The highest BCUT2D eigenvalue weighted by molar-refractivity contribution is 9.10. The molecule has 8 heteroatoms. The molecule has 0 aliphatic rings. The van der Waals surface area contributed by atoms with Gasteiger partial charge < -0.3 is 5.32 Å². The van der Waals surface area contributed by atoms with Gasteiger partial charge in [0.25, 0.3) is 0 Å². The van der Waals surface area contributed by atoms with Crippen molar-refractivity contribution in [1.82, 2.24) is 4.31 Å². The predicted octanol–water partition coefficient (Wildman–Crippen LogP) is 6.27. The van der Waals surface area contributed by atoms with E-state index in [4.69, 9.17) is 11.6 Å². The fourth-order valence-electron chi connectivity index (χ4n) is 3.27. The highest BCUT2D eigenvalue weighted by Crippen LogP contribution is 2.22. The highest BCUT2D eigenvalue weighted by atomic mass is 79.9. The molecule has 0 aliphatic heterocycles. The van der Waals surface area contributed by atoms with E-state index in [1.54, 1.807) is 0 Å². The number of aryl methyl sites for hydroxylation is 1. The van der Waals surface area contributed by atoms with Gasteiger partial charge in [0, 0.05) is 21.7 Å². The second-order valence-corrected chi connectivity index (χ2v) is 11.0. The van der Waals surface area contributed by atoms with Crippen molar-refractivity contribution in [3.8, 4) is 0 Å². The molecule has 1 N–H and O–H groups in total. The number of sulfonamides is 1. The average molecular weight is 550 g/mol. The maximum absolute atomic E-state index is 13.3. The van der Waals surface area contributed by atoms with Crippen LogP contribution in [-0.2, 0) is 27.8 Å². The molecule has 0 saturated carbocycles. The smallest absolute Gasteiger partial charge is 0.243 e. The van der Waals surface area contributed by atoms with Crippen molar-refractivity contribution in [3.63, 3.8) is 0 Å². The van der Waals surface area contributed by atoms with Gasteiger partial charge in [-0.3, -0.25) is 4.79 Å². The first-order valence-corrected chi connectivity index (χ1v) is 13.3. The monoisotopic (exact) mass is 548 g/mol. The number of amides is 1. The third-order valence-corrected chi connectivity index (χ3v) is 7.69. The Balaban J connectivity index is 1.79. The van der Waals surface area contributed by atoms with E-state index in [9.17, 15) is 13.2 Å². The number of hydrogen-bond acceptors (Lipinski definition) is 3. The van der Waals surface area contributed by atoms with E-state index >= 15 is 0 Å². The van der Waals surface area contributed by atoms with Crippen LogP contribution < -0.4 is 5.32 Å². The van der Waals surface area contributed by atoms with Gasteiger partial charge in [0.05, 0.1) is 11.4 Å². The number of unbranched alkanes of at least 4 members (excludes halogenated alkanes) is 1. The number of anilines is 1. The van der Waals surface area contributed by atoms with Crippen LogP contribution in [0.3, 0.4) is 0 Å². The molecule has 3 rings (SSSR count). The van der Waals surface area contributed by atoms with Gasteiger partial charge >= 0.3 is 0 Å². The van der Waals surface area contributed by atoms with Gasteiger partial charge in [0.1, 0.15) is 0 Å². The summed E-state index contributed by atoms with van der Waals surface area (Å²) < 4.78 is 28.7. The first kappa shape index (κ1) is 25.4. The maximum atomic E-state index is 13.3. The average Bonchev–Trinajstić information content (AvgIpc) is 2.80. The molecule has 1 amide bonds. The number of nitrogens with zero attached hydrogens (tertiary/aromatic N) is 1. The Morgan fingerprint density at radius 3 is 2.15 bits per heavy atom. The second-order valence-electron chi connectivity index (χ2n) is 7.70. The molecule has 33 heavy (non-hydrogen) atoms. The molecule has 3 aromatic rings. The van der Waals surface area contributed by atoms with Gasteiger partial charge in [-0.15, -0.1) is 0 Å². The van der Waals surface area contributed by atoms with Gasteiger partial charge in [-0.25, -0.2) is 8.42 Å². The molecule has 0 aliphatic carbocycles. The van der Waals surface area contributed by atoms with Crippen molar-refractivity contribution in [1.29, 1.82) is 0 Å². The number of carbonyl (C=O) groups is 1. The van der Waals surface area contributed by atoms with Gasteiger partial charge in [-0.1, -0.05) is 65.1 Å². The Morgan fingerprint density at radius 2 is 1.55 bits per heavy atom. The van der Waals surface area contributed by atoms with E-state index in [1.165, 1.54) is 34.1 Å². The van der Waals surface area contributed by atoms with Gasteiger partial charge in [-0.05, 0) is 72.5 Å². The molecule has 0 fully saturated rings. The van der Waals surface area contributed by atoms with E-state index < -0.39 is 15.9 Å². The number of nitrogens with one attached hydrogen (secondary N) is 1. The van der Waals surface area contributed by atoms with Crippen molar-refractivity contribution in [2.75, 3.05) is 11.9 Å². The fourth-order valence-corrected chi connectivity index (χ4v) is 5.05. The van der Waals surface area contributed by atoms with Crippen LogP contribution in [0.4, 0.5) is 5.69 Å². The Kier molecular flexibility index (Phi) is 9.09. The van der Waals surface area contributed by atoms with Crippen LogP contribution in [-0.4, -0.2) is 25.2 Å². The summed E-state index contributed by atoms with van der Waals surface area (Å²) in [6.45, 7) is 1.88. The van der Waals surface area contributed by atoms with E-state index in [0.29, 0.717) is 10.7 Å².